The third-order valence-corrected chi connectivity index (χ3v) is 3.88. The normalized spacial score (nSPS) is 10.6. The van der Waals surface area contributed by atoms with Crippen LogP contribution in [0.25, 0.3) is 0 Å². The van der Waals surface area contributed by atoms with E-state index in [4.69, 9.17) is 5.73 Å². The van der Waals surface area contributed by atoms with Gasteiger partial charge >= 0.3 is 0 Å². The van der Waals surface area contributed by atoms with Crippen molar-refractivity contribution < 1.29 is 0 Å². The highest BCUT2D eigenvalue weighted by Gasteiger charge is 2.04. The Balaban J connectivity index is 2.32. The smallest absolute Gasteiger partial charge is 0.181 e. The summed E-state index contributed by atoms with van der Waals surface area (Å²) >= 11 is 3.40. The minimum atomic E-state index is 0.670. The van der Waals surface area contributed by atoms with Gasteiger partial charge < -0.3 is 11.1 Å². The molecular formula is C8H15N3S2. The molecule has 1 aromatic rings. The summed E-state index contributed by atoms with van der Waals surface area (Å²) in [6.45, 7) is 6.19. The maximum Gasteiger partial charge on any atom is 0.181 e. The van der Waals surface area contributed by atoms with E-state index in [0.29, 0.717) is 5.13 Å². The standard InChI is InChI=1S/C8H15N3S2/c1-3-10-4-5-12-7-6(2)11-8(9)13-7/h10H,3-5H2,1-2H3,(H2,9,11). The maximum atomic E-state index is 5.59. The largest absolute Gasteiger partial charge is 0.375 e. The van der Waals surface area contributed by atoms with Gasteiger partial charge in [-0.3, -0.25) is 0 Å². The summed E-state index contributed by atoms with van der Waals surface area (Å²) in [5.41, 5.74) is 6.65. The molecule has 0 spiro atoms. The SMILES string of the molecule is CCNCCSc1sc(N)nc1C. The van der Waals surface area contributed by atoms with E-state index < -0.39 is 0 Å². The Bertz CT molecular complexity index is 260. The maximum absolute atomic E-state index is 5.59. The Kier molecular flexibility index (Phi) is 4.55. The van der Waals surface area contributed by atoms with Crippen molar-refractivity contribution in [3.63, 3.8) is 0 Å². The molecule has 0 amide bonds. The third kappa shape index (κ3) is 3.54. The number of nitrogens with zero attached hydrogens (tertiary/aromatic N) is 1. The third-order valence-electron chi connectivity index (χ3n) is 1.53. The second kappa shape index (κ2) is 5.47. The van der Waals surface area contributed by atoms with E-state index in [1.54, 1.807) is 11.3 Å². The fourth-order valence-electron chi connectivity index (χ4n) is 0.929. The van der Waals surface area contributed by atoms with Gasteiger partial charge in [0.1, 0.15) is 0 Å². The van der Waals surface area contributed by atoms with Crippen LogP contribution in [-0.2, 0) is 0 Å². The first-order valence-corrected chi connectivity index (χ1v) is 6.10. The van der Waals surface area contributed by atoms with Crippen LogP contribution < -0.4 is 11.1 Å². The van der Waals surface area contributed by atoms with Crippen molar-refractivity contribution >= 4 is 28.2 Å². The molecule has 1 heterocycles. The van der Waals surface area contributed by atoms with Crippen molar-refractivity contribution in [2.75, 3.05) is 24.6 Å². The van der Waals surface area contributed by atoms with Gasteiger partial charge in [-0.2, -0.15) is 0 Å². The number of anilines is 1. The molecule has 5 heteroatoms. The Morgan fingerprint density at radius 2 is 2.38 bits per heavy atom. The lowest BCUT2D eigenvalue weighted by Gasteiger charge is -1.99. The predicted octanol–water partition coefficient (Wildman–Crippen LogP) is 1.74. The highest BCUT2D eigenvalue weighted by atomic mass is 32.2. The number of rotatable bonds is 5. The molecule has 0 aliphatic carbocycles. The molecular weight excluding hydrogens is 202 g/mol. The molecule has 0 fully saturated rings. The van der Waals surface area contributed by atoms with Gasteiger partial charge in [0.25, 0.3) is 0 Å². The van der Waals surface area contributed by atoms with Crippen molar-refractivity contribution in [3.05, 3.63) is 5.69 Å². The number of thioether (sulfide) groups is 1. The topological polar surface area (TPSA) is 50.9 Å². The van der Waals surface area contributed by atoms with Gasteiger partial charge in [-0.15, -0.1) is 11.8 Å². The zero-order chi connectivity index (χ0) is 9.68. The molecule has 0 atom stereocenters. The van der Waals surface area contributed by atoms with E-state index in [9.17, 15) is 0 Å². The fraction of sp³-hybridized carbons (Fsp3) is 0.625. The first-order valence-electron chi connectivity index (χ1n) is 4.30. The van der Waals surface area contributed by atoms with Crippen LogP contribution in [0.1, 0.15) is 12.6 Å². The number of nitrogens with one attached hydrogen (secondary N) is 1. The first-order chi connectivity index (χ1) is 6.24. The number of hydrogen-bond donors (Lipinski definition) is 2. The molecule has 0 saturated heterocycles. The lowest BCUT2D eigenvalue weighted by Crippen LogP contribution is -2.15. The van der Waals surface area contributed by atoms with Crippen LogP contribution in [0.4, 0.5) is 5.13 Å². The van der Waals surface area contributed by atoms with Crippen molar-refractivity contribution in [2.45, 2.75) is 18.1 Å². The zero-order valence-electron chi connectivity index (χ0n) is 7.96. The Morgan fingerprint density at radius 1 is 1.62 bits per heavy atom. The molecule has 0 aliphatic rings. The van der Waals surface area contributed by atoms with Crippen molar-refractivity contribution in [1.82, 2.24) is 10.3 Å². The summed E-state index contributed by atoms with van der Waals surface area (Å²) in [6, 6.07) is 0. The molecule has 1 rings (SSSR count). The predicted molar refractivity (Wildman–Crippen MR) is 60.5 cm³/mol. The molecule has 0 radical (unpaired) electrons. The van der Waals surface area contributed by atoms with Crippen LogP contribution in [-0.4, -0.2) is 23.8 Å². The van der Waals surface area contributed by atoms with Crippen molar-refractivity contribution in [1.29, 1.82) is 0 Å². The van der Waals surface area contributed by atoms with Crippen LogP contribution in [0.5, 0.6) is 0 Å². The second-order valence-corrected chi connectivity index (χ2v) is 5.02. The van der Waals surface area contributed by atoms with Gasteiger partial charge in [-0.1, -0.05) is 18.3 Å². The molecule has 0 saturated carbocycles. The number of hydrogen-bond acceptors (Lipinski definition) is 5. The average Bonchev–Trinajstić information content (AvgIpc) is 2.39. The summed E-state index contributed by atoms with van der Waals surface area (Å²) in [6.07, 6.45) is 0. The van der Waals surface area contributed by atoms with Crippen LogP contribution >= 0.6 is 23.1 Å². The van der Waals surface area contributed by atoms with Gasteiger partial charge in [0.15, 0.2) is 5.13 Å². The van der Waals surface area contributed by atoms with Crippen LogP contribution in [0.3, 0.4) is 0 Å². The van der Waals surface area contributed by atoms with Crippen LogP contribution in [0.15, 0.2) is 4.21 Å². The number of aromatic nitrogens is 1. The zero-order valence-corrected chi connectivity index (χ0v) is 9.60. The molecule has 0 bridgehead atoms. The number of thiazole rings is 1. The quantitative estimate of drug-likeness (QED) is 0.582. The summed E-state index contributed by atoms with van der Waals surface area (Å²) in [5.74, 6) is 1.08. The molecule has 0 aromatic carbocycles. The van der Waals surface area contributed by atoms with Gasteiger partial charge in [0.2, 0.25) is 0 Å². The van der Waals surface area contributed by atoms with E-state index in [-0.39, 0.29) is 0 Å². The lowest BCUT2D eigenvalue weighted by atomic mass is 10.6. The average molecular weight is 217 g/mol. The van der Waals surface area contributed by atoms with Crippen LogP contribution in [0, 0.1) is 6.92 Å². The van der Waals surface area contributed by atoms with E-state index in [1.807, 2.05) is 18.7 Å². The Labute approximate surface area is 87.1 Å². The van der Waals surface area contributed by atoms with E-state index in [1.165, 1.54) is 4.21 Å². The molecule has 74 valence electrons. The number of nitrogens with two attached hydrogens (primary N) is 1. The van der Waals surface area contributed by atoms with Crippen molar-refractivity contribution in [3.8, 4) is 0 Å². The fourth-order valence-corrected chi connectivity index (χ4v) is 2.92. The first kappa shape index (κ1) is 10.8. The van der Waals surface area contributed by atoms with Gasteiger partial charge in [-0.25, -0.2) is 4.98 Å². The molecule has 3 nitrogen and oxygen atoms in total. The van der Waals surface area contributed by atoms with Crippen molar-refractivity contribution in [2.24, 2.45) is 0 Å². The Hall–Kier alpha value is -0.260. The number of aryl methyl sites for hydroxylation is 1. The highest BCUT2D eigenvalue weighted by Crippen LogP contribution is 2.29. The Morgan fingerprint density at radius 3 is 2.92 bits per heavy atom. The summed E-state index contributed by atoms with van der Waals surface area (Å²) in [5, 5.41) is 3.95. The second-order valence-electron chi connectivity index (χ2n) is 2.63. The van der Waals surface area contributed by atoms with E-state index in [2.05, 4.69) is 17.2 Å². The lowest BCUT2D eigenvalue weighted by molar-refractivity contribution is 0.768. The molecule has 0 aliphatic heterocycles. The molecule has 3 N–H and O–H groups in total. The summed E-state index contributed by atoms with van der Waals surface area (Å²) < 4.78 is 1.25. The number of nitrogen functional groups attached to an aromatic ring is 1. The molecule has 0 unspecified atom stereocenters. The molecule has 1 aromatic heterocycles. The van der Waals surface area contributed by atoms with E-state index >= 15 is 0 Å². The minimum Gasteiger partial charge on any atom is -0.375 e. The monoisotopic (exact) mass is 217 g/mol. The highest BCUT2D eigenvalue weighted by molar-refractivity contribution is 8.01. The molecule has 13 heavy (non-hydrogen) atoms. The van der Waals surface area contributed by atoms with Gasteiger partial charge in [0.05, 0.1) is 9.90 Å². The summed E-state index contributed by atoms with van der Waals surface area (Å²) in [4.78, 5) is 4.17. The summed E-state index contributed by atoms with van der Waals surface area (Å²) in [7, 11) is 0. The van der Waals surface area contributed by atoms with Gasteiger partial charge in [-0.05, 0) is 13.5 Å². The van der Waals surface area contributed by atoms with Gasteiger partial charge in [0, 0.05) is 12.3 Å². The van der Waals surface area contributed by atoms with Crippen LogP contribution in [0.2, 0.25) is 0 Å². The van der Waals surface area contributed by atoms with E-state index in [0.717, 1.165) is 24.5 Å². The minimum absolute atomic E-state index is 0.670.